The molecule has 0 radical (unpaired) electrons. The van der Waals surface area contributed by atoms with E-state index in [1.807, 2.05) is 0 Å². The Bertz CT molecular complexity index is 878. The molecular weight excluding hydrogens is 372 g/mol. The van der Waals surface area contributed by atoms with Crippen molar-refractivity contribution in [3.63, 3.8) is 0 Å². The molecule has 9 nitrogen and oxygen atoms in total. The number of amides is 2. The minimum absolute atomic E-state index is 0.171. The van der Waals surface area contributed by atoms with Crippen molar-refractivity contribution < 1.29 is 30.6 Å². The molecule has 0 saturated carbocycles. The van der Waals surface area contributed by atoms with Crippen molar-refractivity contribution in [2.75, 3.05) is 11.5 Å². The predicted octanol–water partition coefficient (Wildman–Crippen LogP) is -1.30. The van der Waals surface area contributed by atoms with Gasteiger partial charge in [-0.1, -0.05) is 17.7 Å². The molecule has 0 bridgehead atoms. The Morgan fingerprint density at radius 3 is 2.12 bits per heavy atom. The van der Waals surface area contributed by atoms with E-state index < -0.39 is 61.2 Å². The SMILES string of the molecule is Cc1ccc(S(=O)(=O)OC2CS(=O)(=O)CC2C(C(N)=O)C(N)=O)cc1. The molecule has 0 aromatic heterocycles. The molecule has 0 spiro atoms. The van der Waals surface area contributed by atoms with Gasteiger partial charge in [0.15, 0.2) is 9.84 Å². The van der Waals surface area contributed by atoms with E-state index in [0.717, 1.165) is 5.56 Å². The Labute approximate surface area is 145 Å². The van der Waals surface area contributed by atoms with E-state index in [9.17, 15) is 26.4 Å². The average Bonchev–Trinajstić information content (AvgIpc) is 2.72. The molecule has 1 aliphatic rings. The highest BCUT2D eigenvalue weighted by Gasteiger charge is 2.48. The third-order valence-corrected chi connectivity index (χ3v) is 7.02. The molecule has 4 N–H and O–H groups in total. The minimum Gasteiger partial charge on any atom is -0.369 e. The van der Waals surface area contributed by atoms with Gasteiger partial charge in [-0.2, -0.15) is 8.42 Å². The summed E-state index contributed by atoms with van der Waals surface area (Å²) in [6.45, 7) is 1.77. The molecule has 1 heterocycles. The van der Waals surface area contributed by atoms with Crippen molar-refractivity contribution in [3.8, 4) is 0 Å². The van der Waals surface area contributed by atoms with Crippen LogP contribution >= 0.6 is 0 Å². The summed E-state index contributed by atoms with van der Waals surface area (Å²) in [5.41, 5.74) is 11.1. The lowest BCUT2D eigenvalue weighted by atomic mass is 9.89. The second kappa shape index (κ2) is 6.73. The largest absolute Gasteiger partial charge is 0.369 e. The topological polar surface area (TPSA) is 164 Å². The molecule has 1 fully saturated rings. The van der Waals surface area contributed by atoms with Gasteiger partial charge in [0, 0.05) is 5.92 Å². The van der Waals surface area contributed by atoms with Crippen LogP contribution in [0.4, 0.5) is 0 Å². The zero-order valence-corrected chi connectivity index (χ0v) is 14.9. The molecule has 11 heteroatoms. The smallest absolute Gasteiger partial charge is 0.297 e. The fourth-order valence-electron chi connectivity index (χ4n) is 2.74. The molecule has 138 valence electrons. The maximum Gasteiger partial charge on any atom is 0.297 e. The van der Waals surface area contributed by atoms with Crippen molar-refractivity contribution >= 4 is 31.8 Å². The highest BCUT2D eigenvalue weighted by molar-refractivity contribution is 7.91. The van der Waals surface area contributed by atoms with Crippen LogP contribution in [0.3, 0.4) is 0 Å². The van der Waals surface area contributed by atoms with Crippen LogP contribution in [0, 0.1) is 18.8 Å². The molecule has 25 heavy (non-hydrogen) atoms. The molecule has 2 rings (SSSR count). The highest BCUT2D eigenvalue weighted by atomic mass is 32.2. The Kier molecular flexibility index (Phi) is 5.21. The first-order chi connectivity index (χ1) is 11.4. The maximum atomic E-state index is 12.4. The van der Waals surface area contributed by atoms with Crippen molar-refractivity contribution in [2.24, 2.45) is 23.3 Å². The van der Waals surface area contributed by atoms with Crippen LogP contribution in [-0.2, 0) is 33.7 Å². The Morgan fingerprint density at radius 1 is 1.12 bits per heavy atom. The molecule has 1 aromatic rings. The third-order valence-electron chi connectivity index (χ3n) is 3.94. The normalized spacial score (nSPS) is 22.8. The Balaban J connectivity index is 2.36. The maximum absolute atomic E-state index is 12.4. The number of aryl methyl sites for hydroxylation is 1. The lowest BCUT2D eigenvalue weighted by molar-refractivity contribution is -0.134. The number of benzene rings is 1. The zero-order chi connectivity index (χ0) is 19.0. The number of nitrogens with two attached hydrogens (primary N) is 2. The van der Waals surface area contributed by atoms with Gasteiger partial charge in [-0.15, -0.1) is 0 Å². The van der Waals surface area contributed by atoms with E-state index in [4.69, 9.17) is 15.7 Å². The first-order valence-corrected chi connectivity index (χ1v) is 10.4. The lowest BCUT2D eigenvalue weighted by Crippen LogP contribution is -2.45. The molecule has 2 amide bonds. The molecule has 2 atom stereocenters. The van der Waals surface area contributed by atoms with Crippen LogP contribution in [0.5, 0.6) is 0 Å². The van der Waals surface area contributed by atoms with Crippen LogP contribution in [0.1, 0.15) is 5.56 Å². The summed E-state index contributed by atoms with van der Waals surface area (Å²) in [4.78, 5) is 22.8. The second-order valence-electron chi connectivity index (χ2n) is 5.93. The van der Waals surface area contributed by atoms with Gasteiger partial charge in [0.2, 0.25) is 11.8 Å². The summed E-state index contributed by atoms with van der Waals surface area (Å²) in [6, 6.07) is 5.72. The third kappa shape index (κ3) is 4.35. The number of sulfone groups is 1. The van der Waals surface area contributed by atoms with Gasteiger partial charge in [0.05, 0.1) is 22.5 Å². The average molecular weight is 390 g/mol. The van der Waals surface area contributed by atoms with Crippen molar-refractivity contribution in [1.82, 2.24) is 0 Å². The Hall–Kier alpha value is -1.98. The lowest BCUT2D eigenvalue weighted by Gasteiger charge is -2.22. The number of carbonyl (C=O) groups excluding carboxylic acids is 2. The quantitative estimate of drug-likeness (QED) is 0.450. The van der Waals surface area contributed by atoms with Crippen LogP contribution in [0.25, 0.3) is 0 Å². The van der Waals surface area contributed by atoms with Gasteiger partial charge in [0.25, 0.3) is 10.1 Å². The van der Waals surface area contributed by atoms with Gasteiger partial charge in [0.1, 0.15) is 5.92 Å². The van der Waals surface area contributed by atoms with E-state index in [1.165, 1.54) is 12.1 Å². The molecule has 1 saturated heterocycles. The van der Waals surface area contributed by atoms with E-state index in [0.29, 0.717) is 0 Å². The zero-order valence-electron chi connectivity index (χ0n) is 13.3. The van der Waals surface area contributed by atoms with Crippen molar-refractivity contribution in [2.45, 2.75) is 17.9 Å². The minimum atomic E-state index is -4.30. The van der Waals surface area contributed by atoms with Gasteiger partial charge < -0.3 is 11.5 Å². The van der Waals surface area contributed by atoms with Crippen LogP contribution in [-0.4, -0.2) is 46.3 Å². The molecule has 2 unspecified atom stereocenters. The van der Waals surface area contributed by atoms with Gasteiger partial charge in [-0.3, -0.25) is 13.8 Å². The second-order valence-corrected chi connectivity index (χ2v) is 9.65. The fourth-order valence-corrected chi connectivity index (χ4v) is 5.89. The summed E-state index contributed by atoms with van der Waals surface area (Å²) in [7, 11) is -8.02. The molecule has 1 aromatic carbocycles. The van der Waals surface area contributed by atoms with Crippen LogP contribution < -0.4 is 11.5 Å². The highest BCUT2D eigenvalue weighted by Crippen LogP contribution is 2.31. The first-order valence-electron chi connectivity index (χ1n) is 7.22. The fraction of sp³-hybridized carbons (Fsp3) is 0.429. The molecule has 0 aliphatic carbocycles. The predicted molar refractivity (Wildman–Crippen MR) is 87.3 cm³/mol. The van der Waals surface area contributed by atoms with Crippen molar-refractivity contribution in [3.05, 3.63) is 29.8 Å². The van der Waals surface area contributed by atoms with Crippen LogP contribution in [0.15, 0.2) is 29.2 Å². The van der Waals surface area contributed by atoms with E-state index >= 15 is 0 Å². The van der Waals surface area contributed by atoms with E-state index in [2.05, 4.69) is 0 Å². The van der Waals surface area contributed by atoms with E-state index in [-0.39, 0.29) is 4.90 Å². The first kappa shape index (κ1) is 19.3. The number of rotatable bonds is 6. The number of hydrogen-bond donors (Lipinski definition) is 2. The van der Waals surface area contributed by atoms with Gasteiger partial charge in [-0.25, -0.2) is 8.42 Å². The summed E-state index contributed by atoms with van der Waals surface area (Å²) in [6.07, 6.45) is -1.43. The standard InChI is InChI=1S/C14H18N2O7S2/c1-8-2-4-9(5-3-8)25(21,22)23-11-7-24(19,20)6-10(11)12(13(15)17)14(16)18/h2-5,10-12H,6-7H2,1H3,(H2,15,17)(H2,16,18). The number of primary amides is 2. The molecule has 1 aliphatic heterocycles. The van der Waals surface area contributed by atoms with Gasteiger partial charge in [-0.05, 0) is 19.1 Å². The van der Waals surface area contributed by atoms with Crippen molar-refractivity contribution in [1.29, 1.82) is 0 Å². The summed E-state index contributed by atoms with van der Waals surface area (Å²) >= 11 is 0. The van der Waals surface area contributed by atoms with Crippen LogP contribution in [0.2, 0.25) is 0 Å². The number of carbonyl (C=O) groups is 2. The Morgan fingerprint density at radius 2 is 1.64 bits per heavy atom. The monoisotopic (exact) mass is 390 g/mol. The summed E-state index contributed by atoms with van der Waals surface area (Å²) in [5.74, 6) is -6.43. The summed E-state index contributed by atoms with van der Waals surface area (Å²) in [5, 5.41) is 0. The van der Waals surface area contributed by atoms with E-state index in [1.54, 1.807) is 19.1 Å². The van der Waals surface area contributed by atoms with Gasteiger partial charge >= 0.3 is 0 Å². The number of hydrogen-bond acceptors (Lipinski definition) is 7. The summed E-state index contributed by atoms with van der Waals surface area (Å²) < 4.78 is 53.5. The molecular formula is C14H18N2O7S2.